The van der Waals surface area contributed by atoms with Gasteiger partial charge in [0, 0.05) is 5.56 Å². The summed E-state index contributed by atoms with van der Waals surface area (Å²) in [5, 5.41) is -0.503. The van der Waals surface area contributed by atoms with Crippen LogP contribution < -0.4 is 4.74 Å². The third kappa shape index (κ3) is 4.26. The van der Waals surface area contributed by atoms with E-state index in [9.17, 15) is 14.4 Å². The average molecular weight is 397 g/mol. The largest absolute Gasteiger partial charge is 0.488 e. The molecule has 1 aliphatic rings. The maximum Gasteiger partial charge on any atom is 0.328 e. The van der Waals surface area contributed by atoms with Gasteiger partial charge in [-0.2, -0.15) is 0 Å². The standard InChI is InChI=1S/C21H19NO5S/c1-14(20(24)26-2)22-19(23)18(28-21(22)25)12-16-10-6-7-11-17(16)27-13-15-8-4-3-5-9-15/h3-12,14H,13H2,1-2H3/b18-12+. The molecule has 2 amide bonds. The highest BCUT2D eigenvalue weighted by Gasteiger charge is 2.41. The monoisotopic (exact) mass is 397 g/mol. The van der Waals surface area contributed by atoms with Gasteiger partial charge in [-0.15, -0.1) is 0 Å². The Morgan fingerprint density at radius 1 is 1.11 bits per heavy atom. The quantitative estimate of drug-likeness (QED) is 0.544. The number of carbonyl (C=O) groups excluding carboxylic acids is 3. The molecule has 3 rings (SSSR count). The number of methoxy groups -OCH3 is 1. The van der Waals surface area contributed by atoms with Crippen LogP contribution in [0.5, 0.6) is 5.75 Å². The van der Waals surface area contributed by atoms with Crippen molar-refractivity contribution in [1.29, 1.82) is 0 Å². The van der Waals surface area contributed by atoms with Gasteiger partial charge in [-0.25, -0.2) is 4.79 Å². The van der Waals surface area contributed by atoms with Crippen LogP contribution in [-0.4, -0.2) is 35.2 Å². The van der Waals surface area contributed by atoms with Crippen LogP contribution in [0.15, 0.2) is 59.5 Å². The van der Waals surface area contributed by atoms with E-state index in [1.807, 2.05) is 42.5 Å². The number of hydrogen-bond acceptors (Lipinski definition) is 6. The zero-order valence-electron chi connectivity index (χ0n) is 15.5. The molecular weight excluding hydrogens is 378 g/mol. The molecule has 0 saturated carbocycles. The molecule has 7 heteroatoms. The molecular formula is C21H19NO5S. The van der Waals surface area contributed by atoms with Crippen molar-refractivity contribution in [3.05, 3.63) is 70.6 Å². The van der Waals surface area contributed by atoms with Crippen LogP contribution in [0.2, 0.25) is 0 Å². The minimum Gasteiger partial charge on any atom is -0.488 e. The molecule has 28 heavy (non-hydrogen) atoms. The Labute approximate surface area is 167 Å². The zero-order valence-corrected chi connectivity index (χ0v) is 16.3. The second-order valence-electron chi connectivity index (χ2n) is 6.06. The van der Waals surface area contributed by atoms with E-state index in [1.165, 1.54) is 14.0 Å². The summed E-state index contributed by atoms with van der Waals surface area (Å²) in [5.74, 6) is -0.569. The van der Waals surface area contributed by atoms with E-state index >= 15 is 0 Å². The molecule has 0 radical (unpaired) electrons. The van der Waals surface area contributed by atoms with Crippen LogP contribution in [0.25, 0.3) is 6.08 Å². The zero-order chi connectivity index (χ0) is 20.1. The maximum absolute atomic E-state index is 12.6. The fourth-order valence-electron chi connectivity index (χ4n) is 2.70. The minimum atomic E-state index is -0.979. The molecule has 2 aromatic rings. The molecule has 0 N–H and O–H groups in total. The van der Waals surface area contributed by atoms with Crippen molar-refractivity contribution in [3.8, 4) is 5.75 Å². The van der Waals surface area contributed by atoms with E-state index in [1.54, 1.807) is 18.2 Å². The number of para-hydroxylation sites is 1. The van der Waals surface area contributed by atoms with Gasteiger partial charge in [-0.1, -0.05) is 48.5 Å². The number of carbonyl (C=O) groups is 3. The molecule has 1 saturated heterocycles. The van der Waals surface area contributed by atoms with Gasteiger partial charge >= 0.3 is 5.97 Å². The summed E-state index contributed by atoms with van der Waals surface area (Å²) >= 11 is 0.791. The van der Waals surface area contributed by atoms with Gasteiger partial charge in [0.05, 0.1) is 12.0 Å². The number of nitrogens with zero attached hydrogens (tertiary/aromatic N) is 1. The molecule has 1 aliphatic heterocycles. The summed E-state index contributed by atoms with van der Waals surface area (Å²) in [6, 6.07) is 16.0. The predicted molar refractivity (Wildman–Crippen MR) is 107 cm³/mol. The lowest BCUT2D eigenvalue weighted by Gasteiger charge is -2.18. The molecule has 1 unspecified atom stereocenters. The average Bonchev–Trinajstić information content (AvgIpc) is 3.00. The van der Waals surface area contributed by atoms with E-state index in [0.717, 1.165) is 22.2 Å². The van der Waals surface area contributed by atoms with E-state index in [2.05, 4.69) is 4.74 Å². The first kappa shape index (κ1) is 19.7. The topological polar surface area (TPSA) is 72.9 Å². The first-order valence-corrected chi connectivity index (χ1v) is 9.43. The highest BCUT2D eigenvalue weighted by atomic mass is 32.2. The van der Waals surface area contributed by atoms with Crippen molar-refractivity contribution in [2.45, 2.75) is 19.6 Å². The van der Waals surface area contributed by atoms with Gasteiger partial charge in [-0.05, 0) is 36.4 Å². The summed E-state index contributed by atoms with van der Waals surface area (Å²) < 4.78 is 10.5. The molecule has 0 bridgehead atoms. The molecule has 0 aliphatic carbocycles. The van der Waals surface area contributed by atoms with Crippen LogP contribution in [-0.2, 0) is 20.9 Å². The molecule has 1 heterocycles. The molecule has 6 nitrogen and oxygen atoms in total. The molecule has 0 aromatic heterocycles. The first-order chi connectivity index (χ1) is 13.5. The second-order valence-corrected chi connectivity index (χ2v) is 7.06. The van der Waals surface area contributed by atoms with Gasteiger partial charge in [0.15, 0.2) is 0 Å². The number of rotatable bonds is 6. The van der Waals surface area contributed by atoms with E-state index < -0.39 is 23.2 Å². The Kier molecular flexibility index (Phi) is 6.16. The fourth-order valence-corrected chi connectivity index (χ4v) is 3.60. The lowest BCUT2D eigenvalue weighted by molar-refractivity contribution is -0.148. The van der Waals surface area contributed by atoms with Crippen LogP contribution in [0.1, 0.15) is 18.1 Å². The van der Waals surface area contributed by atoms with Crippen molar-refractivity contribution in [2.24, 2.45) is 0 Å². The summed E-state index contributed by atoms with van der Waals surface area (Å²) in [4.78, 5) is 37.7. The number of amides is 2. The number of hydrogen-bond donors (Lipinski definition) is 0. The highest BCUT2D eigenvalue weighted by Crippen LogP contribution is 2.35. The van der Waals surface area contributed by atoms with Crippen molar-refractivity contribution < 1.29 is 23.9 Å². The Morgan fingerprint density at radius 3 is 2.50 bits per heavy atom. The van der Waals surface area contributed by atoms with Crippen LogP contribution in [0.3, 0.4) is 0 Å². The molecule has 2 aromatic carbocycles. The van der Waals surface area contributed by atoms with E-state index in [-0.39, 0.29) is 4.91 Å². The van der Waals surface area contributed by atoms with Gasteiger partial charge in [-0.3, -0.25) is 14.5 Å². The SMILES string of the molecule is COC(=O)C(C)N1C(=O)S/C(=C/c2ccccc2OCc2ccccc2)C1=O. The van der Waals surface area contributed by atoms with Gasteiger partial charge < -0.3 is 9.47 Å². The molecule has 1 atom stereocenters. The summed E-state index contributed by atoms with van der Waals surface area (Å²) in [6.07, 6.45) is 1.61. The first-order valence-electron chi connectivity index (χ1n) is 8.62. The number of imide groups is 1. The molecule has 144 valence electrons. The highest BCUT2D eigenvalue weighted by molar-refractivity contribution is 8.18. The third-order valence-electron chi connectivity index (χ3n) is 4.20. The summed E-state index contributed by atoms with van der Waals surface area (Å²) in [6.45, 7) is 1.84. The van der Waals surface area contributed by atoms with Crippen molar-refractivity contribution in [3.63, 3.8) is 0 Å². The van der Waals surface area contributed by atoms with Gasteiger partial charge in [0.1, 0.15) is 18.4 Å². The fraction of sp³-hybridized carbons (Fsp3) is 0.190. The Bertz CT molecular complexity index is 925. The smallest absolute Gasteiger partial charge is 0.328 e. The van der Waals surface area contributed by atoms with Crippen LogP contribution >= 0.6 is 11.8 Å². The van der Waals surface area contributed by atoms with Gasteiger partial charge in [0.25, 0.3) is 11.1 Å². The van der Waals surface area contributed by atoms with Crippen LogP contribution in [0.4, 0.5) is 4.79 Å². The van der Waals surface area contributed by atoms with Crippen molar-refractivity contribution in [2.75, 3.05) is 7.11 Å². The Balaban J connectivity index is 1.81. The summed E-state index contributed by atoms with van der Waals surface area (Å²) in [7, 11) is 1.22. The minimum absolute atomic E-state index is 0.233. The molecule has 0 spiro atoms. The number of benzene rings is 2. The van der Waals surface area contributed by atoms with Crippen molar-refractivity contribution in [1.82, 2.24) is 4.90 Å². The summed E-state index contributed by atoms with van der Waals surface area (Å²) in [5.41, 5.74) is 1.69. The molecule has 1 fully saturated rings. The Hall–Kier alpha value is -3.06. The predicted octanol–water partition coefficient (Wildman–Crippen LogP) is 3.86. The van der Waals surface area contributed by atoms with E-state index in [0.29, 0.717) is 17.9 Å². The second kappa shape index (κ2) is 8.75. The normalized spacial score (nSPS) is 16.4. The lowest BCUT2D eigenvalue weighted by Crippen LogP contribution is -2.42. The Morgan fingerprint density at radius 2 is 1.79 bits per heavy atom. The third-order valence-corrected chi connectivity index (χ3v) is 5.08. The number of esters is 1. The number of ether oxygens (including phenoxy) is 2. The van der Waals surface area contributed by atoms with E-state index in [4.69, 9.17) is 4.74 Å². The lowest BCUT2D eigenvalue weighted by atomic mass is 10.1. The van der Waals surface area contributed by atoms with Gasteiger partial charge in [0.2, 0.25) is 0 Å². The maximum atomic E-state index is 12.6. The van der Waals surface area contributed by atoms with Crippen molar-refractivity contribution >= 4 is 35.0 Å². The van der Waals surface area contributed by atoms with Crippen LogP contribution in [0, 0.1) is 0 Å². The number of thioether (sulfide) groups is 1.